The Kier molecular flexibility index (Phi) is 4.11. The van der Waals surface area contributed by atoms with Crippen molar-refractivity contribution in [2.24, 2.45) is 10.9 Å². The maximum Gasteiger partial charge on any atom is 0.335 e. The largest absolute Gasteiger partial charge is 0.478 e. The van der Waals surface area contributed by atoms with E-state index < -0.39 is 11.5 Å². The Labute approximate surface area is 124 Å². The molecule has 1 atom stereocenters. The van der Waals surface area contributed by atoms with E-state index in [0.717, 1.165) is 5.56 Å². The smallest absolute Gasteiger partial charge is 0.335 e. The fraction of sp³-hybridized carbons (Fsp3) is 0.438. The first-order chi connectivity index (χ1) is 9.84. The fourth-order valence-corrected chi connectivity index (χ4v) is 2.33. The number of aromatic carboxylic acids is 1. The van der Waals surface area contributed by atoms with E-state index in [2.05, 4.69) is 10.3 Å². The summed E-state index contributed by atoms with van der Waals surface area (Å²) < 4.78 is 0. The van der Waals surface area contributed by atoms with Crippen molar-refractivity contribution in [3.05, 3.63) is 35.4 Å². The highest BCUT2D eigenvalue weighted by molar-refractivity contribution is 6.08. The summed E-state index contributed by atoms with van der Waals surface area (Å²) in [7, 11) is 0. The molecule has 0 saturated carbocycles. The van der Waals surface area contributed by atoms with Crippen molar-refractivity contribution in [3.8, 4) is 0 Å². The van der Waals surface area contributed by atoms with Crippen molar-refractivity contribution < 1.29 is 14.7 Å². The van der Waals surface area contributed by atoms with Gasteiger partial charge in [-0.2, -0.15) is 0 Å². The number of carboxylic acids is 1. The molecule has 0 radical (unpaired) electrons. The first-order valence-electron chi connectivity index (χ1n) is 7.06. The summed E-state index contributed by atoms with van der Waals surface area (Å²) in [5, 5.41) is 12.0. The number of amides is 1. The van der Waals surface area contributed by atoms with Crippen LogP contribution in [0.1, 0.15) is 43.1 Å². The van der Waals surface area contributed by atoms with Crippen molar-refractivity contribution in [1.29, 1.82) is 0 Å². The van der Waals surface area contributed by atoms with Crippen LogP contribution in [-0.2, 0) is 11.2 Å². The van der Waals surface area contributed by atoms with Gasteiger partial charge in [0.15, 0.2) is 0 Å². The number of aliphatic imine (C=N–C) groups is 1. The van der Waals surface area contributed by atoms with Crippen molar-refractivity contribution in [3.63, 3.8) is 0 Å². The van der Waals surface area contributed by atoms with Crippen molar-refractivity contribution in [2.45, 2.75) is 39.2 Å². The molecule has 1 heterocycles. The SMILES string of the molecule is CC(C)C1(C)N=C(CCc2ccccc2C(=O)O)NC1=O. The fourth-order valence-electron chi connectivity index (χ4n) is 2.33. The molecule has 0 aliphatic carbocycles. The van der Waals surface area contributed by atoms with E-state index in [4.69, 9.17) is 5.11 Å². The summed E-state index contributed by atoms with van der Waals surface area (Å²) >= 11 is 0. The van der Waals surface area contributed by atoms with E-state index in [-0.39, 0.29) is 11.8 Å². The molecule has 0 fully saturated rings. The lowest BCUT2D eigenvalue weighted by Crippen LogP contribution is -2.41. The summed E-state index contributed by atoms with van der Waals surface area (Å²) in [4.78, 5) is 27.7. The molecular formula is C16H20N2O3. The van der Waals surface area contributed by atoms with Crippen LogP contribution in [-0.4, -0.2) is 28.4 Å². The lowest BCUT2D eigenvalue weighted by molar-refractivity contribution is -0.124. The standard InChI is InChI=1S/C16H20N2O3/c1-10(2)16(3)15(21)17-13(18-16)9-8-11-6-4-5-7-12(11)14(19)20/h4-7,10H,8-9H2,1-3H3,(H,19,20)(H,17,18,21). The maximum atomic E-state index is 12.0. The number of carbonyl (C=O) groups excluding carboxylic acids is 1. The summed E-state index contributed by atoms with van der Waals surface area (Å²) in [6, 6.07) is 6.90. The normalized spacial score (nSPS) is 21.3. The average Bonchev–Trinajstić information content (AvgIpc) is 2.73. The number of nitrogens with zero attached hydrogens (tertiary/aromatic N) is 1. The van der Waals surface area contributed by atoms with Crippen LogP contribution < -0.4 is 5.32 Å². The quantitative estimate of drug-likeness (QED) is 0.872. The molecule has 112 valence electrons. The van der Waals surface area contributed by atoms with E-state index in [0.29, 0.717) is 24.2 Å². The number of carboxylic acid groups (broad SMARTS) is 1. The summed E-state index contributed by atoms with van der Waals surface area (Å²) in [5.74, 6) is -0.272. The lowest BCUT2D eigenvalue weighted by atomic mass is 9.89. The molecule has 0 aromatic heterocycles. The van der Waals surface area contributed by atoms with Gasteiger partial charge in [-0.25, -0.2) is 4.79 Å². The van der Waals surface area contributed by atoms with Gasteiger partial charge in [0.2, 0.25) is 0 Å². The number of hydrogen-bond donors (Lipinski definition) is 2. The molecule has 2 N–H and O–H groups in total. The molecular weight excluding hydrogens is 268 g/mol. The highest BCUT2D eigenvalue weighted by Gasteiger charge is 2.41. The second-order valence-corrected chi connectivity index (χ2v) is 5.78. The zero-order valence-electron chi connectivity index (χ0n) is 12.5. The van der Waals surface area contributed by atoms with Crippen molar-refractivity contribution in [1.82, 2.24) is 5.32 Å². The Morgan fingerprint density at radius 2 is 2.00 bits per heavy atom. The molecule has 5 nitrogen and oxygen atoms in total. The number of nitrogens with one attached hydrogen (secondary N) is 1. The van der Waals surface area contributed by atoms with Crippen LogP contribution in [0.5, 0.6) is 0 Å². The van der Waals surface area contributed by atoms with E-state index >= 15 is 0 Å². The van der Waals surface area contributed by atoms with Gasteiger partial charge in [0.1, 0.15) is 11.4 Å². The molecule has 1 aliphatic rings. The molecule has 0 bridgehead atoms. The second kappa shape index (κ2) is 5.68. The Morgan fingerprint density at radius 3 is 2.57 bits per heavy atom. The van der Waals surface area contributed by atoms with Crippen LogP contribution in [0.3, 0.4) is 0 Å². The van der Waals surface area contributed by atoms with E-state index in [1.807, 2.05) is 26.8 Å². The Hall–Kier alpha value is -2.17. The highest BCUT2D eigenvalue weighted by atomic mass is 16.4. The maximum absolute atomic E-state index is 12.0. The minimum atomic E-state index is -0.935. The van der Waals surface area contributed by atoms with Gasteiger partial charge in [-0.05, 0) is 30.9 Å². The minimum absolute atomic E-state index is 0.0842. The third-order valence-corrected chi connectivity index (χ3v) is 4.09. The second-order valence-electron chi connectivity index (χ2n) is 5.78. The lowest BCUT2D eigenvalue weighted by Gasteiger charge is -2.21. The van der Waals surface area contributed by atoms with Gasteiger partial charge in [0.25, 0.3) is 5.91 Å². The van der Waals surface area contributed by atoms with Crippen LogP contribution >= 0.6 is 0 Å². The van der Waals surface area contributed by atoms with Crippen molar-refractivity contribution in [2.75, 3.05) is 0 Å². The van der Waals surface area contributed by atoms with Crippen LogP contribution in [0.25, 0.3) is 0 Å². The van der Waals surface area contributed by atoms with Crippen LogP contribution in [0, 0.1) is 5.92 Å². The van der Waals surface area contributed by atoms with Crippen LogP contribution in [0.4, 0.5) is 0 Å². The Morgan fingerprint density at radius 1 is 1.33 bits per heavy atom. The van der Waals surface area contributed by atoms with Gasteiger partial charge in [0, 0.05) is 6.42 Å². The molecule has 1 aromatic rings. The third kappa shape index (κ3) is 2.96. The zero-order valence-corrected chi connectivity index (χ0v) is 12.5. The predicted molar refractivity (Wildman–Crippen MR) is 80.5 cm³/mol. The predicted octanol–water partition coefficient (Wildman–Crippen LogP) is 2.26. The average molecular weight is 288 g/mol. The van der Waals surface area contributed by atoms with Crippen LogP contribution in [0.15, 0.2) is 29.3 Å². The van der Waals surface area contributed by atoms with Crippen LogP contribution in [0.2, 0.25) is 0 Å². The minimum Gasteiger partial charge on any atom is -0.478 e. The molecule has 1 aliphatic heterocycles. The number of amidine groups is 1. The summed E-state index contributed by atoms with van der Waals surface area (Å²) in [6.45, 7) is 5.75. The van der Waals surface area contributed by atoms with Crippen molar-refractivity contribution >= 4 is 17.7 Å². The molecule has 1 aromatic carbocycles. The number of hydrogen-bond acceptors (Lipinski definition) is 3. The molecule has 5 heteroatoms. The van der Waals surface area contributed by atoms with Gasteiger partial charge < -0.3 is 10.4 Å². The monoisotopic (exact) mass is 288 g/mol. The molecule has 0 spiro atoms. The van der Waals surface area contributed by atoms with Gasteiger partial charge in [-0.3, -0.25) is 9.79 Å². The van der Waals surface area contributed by atoms with Gasteiger partial charge in [0.05, 0.1) is 5.56 Å². The van der Waals surface area contributed by atoms with E-state index in [1.54, 1.807) is 18.2 Å². The summed E-state index contributed by atoms with van der Waals surface area (Å²) in [6.07, 6.45) is 1.06. The number of rotatable bonds is 5. The number of carbonyl (C=O) groups is 2. The van der Waals surface area contributed by atoms with E-state index in [1.165, 1.54) is 0 Å². The third-order valence-electron chi connectivity index (χ3n) is 4.09. The van der Waals surface area contributed by atoms with Gasteiger partial charge >= 0.3 is 5.97 Å². The molecule has 2 rings (SSSR count). The molecule has 0 saturated heterocycles. The first kappa shape index (κ1) is 15.2. The highest BCUT2D eigenvalue weighted by Crippen LogP contribution is 2.26. The first-order valence-corrected chi connectivity index (χ1v) is 7.06. The number of benzene rings is 1. The van der Waals surface area contributed by atoms with Gasteiger partial charge in [-0.15, -0.1) is 0 Å². The Balaban J connectivity index is 2.12. The topological polar surface area (TPSA) is 78.8 Å². The van der Waals surface area contributed by atoms with E-state index in [9.17, 15) is 9.59 Å². The Bertz CT molecular complexity index is 607. The molecule has 21 heavy (non-hydrogen) atoms. The summed E-state index contributed by atoms with van der Waals surface area (Å²) in [5.41, 5.74) is 0.330. The molecule has 1 unspecified atom stereocenters. The zero-order chi connectivity index (χ0) is 15.6. The number of aryl methyl sites for hydroxylation is 1. The molecule has 1 amide bonds. The van der Waals surface area contributed by atoms with Gasteiger partial charge in [-0.1, -0.05) is 32.0 Å².